The van der Waals surface area contributed by atoms with Gasteiger partial charge in [0.05, 0.1) is 0 Å². The maximum Gasteiger partial charge on any atom is 0.0273 e. The van der Waals surface area contributed by atoms with E-state index < -0.39 is 0 Å². The molecule has 0 N–H and O–H groups in total. The summed E-state index contributed by atoms with van der Waals surface area (Å²) in [6.07, 6.45) is 7.78. The molecular formula is C56H28N2. The van der Waals surface area contributed by atoms with Crippen molar-refractivity contribution >= 4 is 108 Å². The van der Waals surface area contributed by atoms with Crippen LogP contribution in [0.25, 0.3) is 152 Å². The first-order valence-electron chi connectivity index (χ1n) is 20.1. The van der Waals surface area contributed by atoms with Gasteiger partial charge in [-0.3, -0.25) is 9.97 Å². The number of rotatable bonds is 2. The van der Waals surface area contributed by atoms with Gasteiger partial charge in [0.15, 0.2) is 0 Å². The van der Waals surface area contributed by atoms with Gasteiger partial charge in [0, 0.05) is 24.8 Å². The highest BCUT2D eigenvalue weighted by atomic mass is 14.6. The van der Waals surface area contributed by atoms with E-state index in [1.165, 1.54) is 152 Å². The van der Waals surface area contributed by atoms with Crippen LogP contribution in [0.5, 0.6) is 0 Å². The lowest BCUT2D eigenvalue weighted by atomic mass is 9.84. The number of hydrogen-bond acceptors (Lipinski definition) is 2. The predicted molar refractivity (Wildman–Crippen MR) is 246 cm³/mol. The third-order valence-corrected chi connectivity index (χ3v) is 13.8. The molecule has 2 aromatic heterocycles. The van der Waals surface area contributed by atoms with Crippen molar-refractivity contribution in [1.82, 2.24) is 9.97 Å². The zero-order chi connectivity index (χ0) is 37.4. The van der Waals surface area contributed by atoms with Crippen molar-refractivity contribution in [3.05, 3.63) is 170 Å². The molecule has 12 aromatic carbocycles. The van der Waals surface area contributed by atoms with Crippen LogP contribution in [0, 0.1) is 0 Å². The molecule has 0 spiro atoms. The van der Waals surface area contributed by atoms with Crippen LogP contribution in [0.3, 0.4) is 0 Å². The Morgan fingerprint density at radius 3 is 1.29 bits per heavy atom. The van der Waals surface area contributed by atoms with Gasteiger partial charge < -0.3 is 0 Å². The first-order chi connectivity index (χ1) is 28.8. The highest BCUT2D eigenvalue weighted by Crippen LogP contribution is 2.57. The SMILES string of the molecule is c1ccc2c(c1)-c1ccc3c4ccc5c6c(-c7ccncc7)c7cc8c9ccccc9c9cccc(c7c(-c7ccncc7)c6c6ccc(c7ccc-2c1c37)c4c56)c98. The Labute approximate surface area is 331 Å². The molecule has 262 valence electrons. The lowest BCUT2D eigenvalue weighted by Gasteiger charge is -2.19. The van der Waals surface area contributed by atoms with Crippen LogP contribution < -0.4 is 0 Å². The molecule has 2 heterocycles. The second kappa shape index (κ2) is 10.2. The summed E-state index contributed by atoms with van der Waals surface area (Å²) in [5.41, 5.74) is 10.3. The number of nitrogens with zero attached hydrogens (tertiary/aromatic N) is 2. The largest absolute Gasteiger partial charge is 0.265 e. The van der Waals surface area contributed by atoms with Crippen molar-refractivity contribution in [1.29, 1.82) is 0 Å². The summed E-state index contributed by atoms with van der Waals surface area (Å²) in [7, 11) is 0. The summed E-state index contributed by atoms with van der Waals surface area (Å²) in [6.45, 7) is 0. The Hall–Kier alpha value is -7.68. The lowest BCUT2D eigenvalue weighted by Crippen LogP contribution is -1.91. The van der Waals surface area contributed by atoms with Crippen molar-refractivity contribution in [3.63, 3.8) is 0 Å². The number of pyridine rings is 2. The quantitative estimate of drug-likeness (QED) is 0.131. The Balaban J connectivity index is 1.22. The summed E-state index contributed by atoms with van der Waals surface area (Å²) in [4.78, 5) is 9.03. The molecule has 0 aliphatic heterocycles. The lowest BCUT2D eigenvalue weighted by molar-refractivity contribution is 1.33. The number of aromatic nitrogens is 2. The minimum atomic E-state index is 1.18. The van der Waals surface area contributed by atoms with E-state index >= 15 is 0 Å². The van der Waals surface area contributed by atoms with Gasteiger partial charge >= 0.3 is 0 Å². The zero-order valence-corrected chi connectivity index (χ0v) is 31.1. The maximum atomic E-state index is 4.52. The molecule has 14 aromatic rings. The monoisotopic (exact) mass is 728 g/mol. The van der Waals surface area contributed by atoms with E-state index in [1.54, 1.807) is 0 Å². The van der Waals surface area contributed by atoms with Crippen molar-refractivity contribution in [3.8, 4) is 44.5 Å². The van der Waals surface area contributed by atoms with Gasteiger partial charge in [-0.2, -0.15) is 0 Å². The summed E-state index contributed by atoms with van der Waals surface area (Å²) in [5, 5.41) is 26.3. The fourth-order valence-corrected chi connectivity index (χ4v) is 11.7. The van der Waals surface area contributed by atoms with Crippen LogP contribution in [0.15, 0.2) is 170 Å². The minimum Gasteiger partial charge on any atom is -0.265 e. The van der Waals surface area contributed by atoms with Gasteiger partial charge in [-0.25, -0.2) is 0 Å². The predicted octanol–water partition coefficient (Wildman–Crippen LogP) is 15.3. The molecule has 1 aliphatic rings. The molecule has 1 aliphatic carbocycles. The molecule has 0 unspecified atom stereocenters. The number of hydrogen-bond donors (Lipinski definition) is 0. The molecule has 0 amide bonds. The summed E-state index contributed by atoms with van der Waals surface area (Å²) < 4.78 is 0. The van der Waals surface area contributed by atoms with E-state index in [0.29, 0.717) is 0 Å². The van der Waals surface area contributed by atoms with Gasteiger partial charge in [-0.1, -0.05) is 115 Å². The van der Waals surface area contributed by atoms with Crippen LogP contribution in [0.4, 0.5) is 0 Å². The van der Waals surface area contributed by atoms with E-state index in [9.17, 15) is 0 Å². The van der Waals surface area contributed by atoms with Crippen molar-refractivity contribution in [2.45, 2.75) is 0 Å². The highest BCUT2D eigenvalue weighted by Gasteiger charge is 2.29. The summed E-state index contributed by atoms with van der Waals surface area (Å²) >= 11 is 0. The van der Waals surface area contributed by atoms with E-state index in [-0.39, 0.29) is 0 Å². The Kier molecular flexibility index (Phi) is 5.20. The number of benzene rings is 10. The smallest absolute Gasteiger partial charge is 0.0273 e. The molecule has 0 saturated carbocycles. The van der Waals surface area contributed by atoms with Gasteiger partial charge in [0.25, 0.3) is 0 Å². The Morgan fingerprint density at radius 1 is 0.224 bits per heavy atom. The summed E-state index contributed by atoms with van der Waals surface area (Å²) in [5.74, 6) is 0. The van der Waals surface area contributed by atoms with Crippen LogP contribution in [0.2, 0.25) is 0 Å². The second-order valence-corrected chi connectivity index (χ2v) is 16.3. The molecule has 2 nitrogen and oxygen atoms in total. The van der Waals surface area contributed by atoms with Crippen molar-refractivity contribution in [2.24, 2.45) is 0 Å². The first-order valence-corrected chi connectivity index (χ1v) is 20.1. The third kappa shape index (κ3) is 3.33. The van der Waals surface area contributed by atoms with Gasteiger partial charge in [0.1, 0.15) is 0 Å². The average Bonchev–Trinajstić information content (AvgIpc) is 3.92. The average molecular weight is 729 g/mol. The van der Waals surface area contributed by atoms with Crippen LogP contribution in [0.1, 0.15) is 0 Å². The van der Waals surface area contributed by atoms with Gasteiger partial charge in [0.2, 0.25) is 0 Å². The molecule has 0 radical (unpaired) electrons. The summed E-state index contributed by atoms with van der Waals surface area (Å²) in [6, 6.07) is 55.2. The van der Waals surface area contributed by atoms with Crippen LogP contribution >= 0.6 is 0 Å². The molecule has 0 atom stereocenters. The standard InChI is InChI=1S/C56H28N2/c1-2-7-32-31(6-1)36-12-14-38-40-16-18-43-53-44(19-17-41(52(40)53)39-15-13-37(32)50(36)51(38)39)56-48(30-22-26-58-27-23-30)54-42-11-5-10-35-33-8-3-4-9-34(33)45(49(35)42)28-46(54)47(55(43)56)29-20-24-57-25-21-29/h1-28H. The van der Waals surface area contributed by atoms with E-state index in [1.807, 2.05) is 24.8 Å². The molecule has 0 fully saturated rings. The normalized spacial score (nSPS) is 12.8. The van der Waals surface area contributed by atoms with Crippen LogP contribution in [-0.4, -0.2) is 9.97 Å². The van der Waals surface area contributed by atoms with E-state index in [0.717, 1.165) is 0 Å². The van der Waals surface area contributed by atoms with Crippen LogP contribution in [-0.2, 0) is 0 Å². The molecule has 0 bridgehead atoms. The fraction of sp³-hybridized carbons (Fsp3) is 0. The molecule has 15 rings (SSSR count). The molecule has 2 heteroatoms. The van der Waals surface area contributed by atoms with Gasteiger partial charge in [-0.05, 0) is 183 Å². The maximum absolute atomic E-state index is 4.52. The van der Waals surface area contributed by atoms with E-state index in [2.05, 4.69) is 156 Å². The molecule has 0 saturated heterocycles. The molecular weight excluding hydrogens is 701 g/mol. The fourth-order valence-electron chi connectivity index (χ4n) is 11.7. The second-order valence-electron chi connectivity index (χ2n) is 16.3. The van der Waals surface area contributed by atoms with Gasteiger partial charge in [-0.15, -0.1) is 0 Å². The Morgan fingerprint density at radius 2 is 0.655 bits per heavy atom. The topological polar surface area (TPSA) is 25.8 Å². The van der Waals surface area contributed by atoms with Crippen molar-refractivity contribution in [2.75, 3.05) is 0 Å². The first kappa shape index (κ1) is 29.6. The van der Waals surface area contributed by atoms with E-state index in [4.69, 9.17) is 0 Å². The third-order valence-electron chi connectivity index (χ3n) is 13.8. The highest BCUT2D eigenvalue weighted by molar-refractivity contribution is 6.48. The number of fused-ring (bicyclic) bond motifs is 13. The minimum absolute atomic E-state index is 1.18. The zero-order valence-electron chi connectivity index (χ0n) is 31.1. The van der Waals surface area contributed by atoms with Crippen molar-refractivity contribution < 1.29 is 0 Å². The Bertz CT molecular complexity index is 4030. The molecule has 58 heavy (non-hydrogen) atoms.